The fourth-order valence-electron chi connectivity index (χ4n) is 2.49. The molecule has 2 atom stereocenters. The molecule has 1 aromatic carbocycles. The van der Waals surface area contributed by atoms with Gasteiger partial charge in [0.25, 0.3) is 0 Å². The molecule has 0 aromatic heterocycles. The first-order valence-electron chi connectivity index (χ1n) is 6.99. The maximum absolute atomic E-state index is 12.4. The van der Waals surface area contributed by atoms with Crippen LogP contribution in [0.5, 0.6) is 0 Å². The zero-order valence-corrected chi connectivity index (χ0v) is 11.8. The van der Waals surface area contributed by atoms with Gasteiger partial charge in [-0.1, -0.05) is 42.5 Å². The van der Waals surface area contributed by atoms with Crippen LogP contribution in [-0.4, -0.2) is 24.1 Å². The highest BCUT2D eigenvalue weighted by atomic mass is 16.5. The lowest BCUT2D eigenvalue weighted by Gasteiger charge is -2.26. The van der Waals surface area contributed by atoms with E-state index in [1.54, 1.807) is 0 Å². The molecule has 0 aliphatic carbocycles. The Morgan fingerprint density at radius 1 is 1.50 bits per heavy atom. The molecule has 1 fully saturated rings. The van der Waals surface area contributed by atoms with E-state index >= 15 is 0 Å². The van der Waals surface area contributed by atoms with Crippen LogP contribution in [0, 0.1) is 0 Å². The lowest BCUT2D eigenvalue weighted by molar-refractivity contribution is -0.152. The molecule has 1 aromatic rings. The molecule has 2 unspecified atom stereocenters. The van der Waals surface area contributed by atoms with Gasteiger partial charge in [-0.2, -0.15) is 0 Å². The number of nitrogens with one attached hydrogen (secondary N) is 1. The Balaban J connectivity index is 2.00. The predicted molar refractivity (Wildman–Crippen MR) is 79.0 cm³/mol. The zero-order chi connectivity index (χ0) is 14.4. The first kappa shape index (κ1) is 14.8. The number of allylic oxidation sites excluding steroid dienone is 1. The van der Waals surface area contributed by atoms with E-state index < -0.39 is 5.54 Å². The number of carbonyl (C=O) groups excluding carboxylic acids is 1. The van der Waals surface area contributed by atoms with E-state index in [4.69, 9.17) is 10.5 Å². The summed E-state index contributed by atoms with van der Waals surface area (Å²) in [6.07, 6.45) is 5.16. The third-order valence-corrected chi connectivity index (χ3v) is 3.62. The van der Waals surface area contributed by atoms with Crippen LogP contribution in [0.15, 0.2) is 42.5 Å². The molecular formula is C16H22N2O2. The second kappa shape index (κ2) is 6.68. The summed E-state index contributed by atoms with van der Waals surface area (Å²) >= 11 is 0. The molecule has 0 radical (unpaired) electrons. The third-order valence-electron chi connectivity index (χ3n) is 3.62. The first-order valence-corrected chi connectivity index (χ1v) is 6.99. The van der Waals surface area contributed by atoms with Gasteiger partial charge in [-0.05, 0) is 25.3 Å². The summed E-state index contributed by atoms with van der Waals surface area (Å²) < 4.78 is 5.47. The molecule has 0 saturated carbocycles. The highest BCUT2D eigenvalue weighted by molar-refractivity contribution is 5.81. The van der Waals surface area contributed by atoms with E-state index in [-0.39, 0.29) is 12.0 Å². The second-order valence-corrected chi connectivity index (χ2v) is 5.26. The summed E-state index contributed by atoms with van der Waals surface area (Å²) in [5.41, 5.74) is 6.26. The van der Waals surface area contributed by atoms with Crippen LogP contribution >= 0.6 is 0 Å². The van der Waals surface area contributed by atoms with E-state index in [2.05, 4.69) is 5.32 Å². The van der Waals surface area contributed by atoms with Crippen LogP contribution in [0.3, 0.4) is 0 Å². The standard InChI is InChI=1S/C16H22N2O2/c1-2-3-9-16(10-14(17)11-18-16)15(19)20-12-13-7-5-4-6-8-13/h2-8,14,18H,9-12,17H2,1H3/b3-2+. The maximum atomic E-state index is 12.4. The number of carbonyl (C=O) groups is 1. The molecular weight excluding hydrogens is 252 g/mol. The summed E-state index contributed by atoms with van der Waals surface area (Å²) in [5, 5.41) is 3.24. The summed E-state index contributed by atoms with van der Waals surface area (Å²) in [6, 6.07) is 9.70. The highest BCUT2D eigenvalue weighted by Gasteiger charge is 2.44. The van der Waals surface area contributed by atoms with Gasteiger partial charge >= 0.3 is 5.97 Å². The van der Waals surface area contributed by atoms with Crippen LogP contribution in [0.1, 0.15) is 25.3 Å². The Kier molecular flexibility index (Phi) is 4.93. The van der Waals surface area contributed by atoms with Gasteiger partial charge in [0.15, 0.2) is 0 Å². The average Bonchev–Trinajstić information content (AvgIpc) is 2.86. The van der Waals surface area contributed by atoms with Crippen molar-refractivity contribution in [2.24, 2.45) is 5.73 Å². The molecule has 0 spiro atoms. The van der Waals surface area contributed by atoms with Crippen LogP contribution in [0.4, 0.5) is 0 Å². The quantitative estimate of drug-likeness (QED) is 0.634. The van der Waals surface area contributed by atoms with Crippen molar-refractivity contribution in [1.29, 1.82) is 0 Å². The molecule has 4 nitrogen and oxygen atoms in total. The van der Waals surface area contributed by atoms with Crippen molar-refractivity contribution >= 4 is 5.97 Å². The van der Waals surface area contributed by atoms with E-state index in [1.807, 2.05) is 49.4 Å². The van der Waals surface area contributed by atoms with Crippen molar-refractivity contribution in [2.45, 2.75) is 38.0 Å². The van der Waals surface area contributed by atoms with Gasteiger partial charge in [0.05, 0.1) is 0 Å². The van der Waals surface area contributed by atoms with Crippen LogP contribution in [0.2, 0.25) is 0 Å². The SMILES string of the molecule is C/C=C/CC1(C(=O)OCc2ccccc2)CC(N)CN1. The van der Waals surface area contributed by atoms with Crippen molar-refractivity contribution in [2.75, 3.05) is 6.54 Å². The molecule has 108 valence electrons. The lowest BCUT2D eigenvalue weighted by Crippen LogP contribution is -2.48. The van der Waals surface area contributed by atoms with Gasteiger partial charge < -0.3 is 10.5 Å². The van der Waals surface area contributed by atoms with Gasteiger partial charge in [0.2, 0.25) is 0 Å². The molecule has 1 heterocycles. The first-order chi connectivity index (χ1) is 9.66. The average molecular weight is 274 g/mol. The summed E-state index contributed by atoms with van der Waals surface area (Å²) in [6.45, 7) is 2.89. The number of hydrogen-bond donors (Lipinski definition) is 2. The van der Waals surface area contributed by atoms with Gasteiger partial charge in [-0.3, -0.25) is 10.1 Å². The maximum Gasteiger partial charge on any atom is 0.327 e. The van der Waals surface area contributed by atoms with E-state index in [0.717, 1.165) is 5.56 Å². The van der Waals surface area contributed by atoms with Crippen molar-refractivity contribution < 1.29 is 9.53 Å². The minimum atomic E-state index is -0.666. The minimum Gasteiger partial charge on any atom is -0.459 e. The van der Waals surface area contributed by atoms with Crippen LogP contribution < -0.4 is 11.1 Å². The van der Waals surface area contributed by atoms with E-state index in [1.165, 1.54) is 0 Å². The van der Waals surface area contributed by atoms with E-state index in [9.17, 15) is 4.79 Å². The largest absolute Gasteiger partial charge is 0.459 e. The van der Waals surface area contributed by atoms with Gasteiger partial charge in [0, 0.05) is 12.6 Å². The minimum absolute atomic E-state index is 0.00420. The Hall–Kier alpha value is -1.65. The molecule has 1 saturated heterocycles. The molecule has 4 heteroatoms. The molecule has 20 heavy (non-hydrogen) atoms. The number of rotatable bonds is 5. The zero-order valence-electron chi connectivity index (χ0n) is 11.8. The van der Waals surface area contributed by atoms with E-state index in [0.29, 0.717) is 26.0 Å². The molecule has 1 aliphatic rings. The van der Waals surface area contributed by atoms with Crippen molar-refractivity contribution in [3.05, 3.63) is 48.0 Å². The lowest BCUT2D eigenvalue weighted by atomic mass is 9.92. The monoisotopic (exact) mass is 274 g/mol. The van der Waals surface area contributed by atoms with Gasteiger partial charge in [-0.25, -0.2) is 0 Å². The Bertz CT molecular complexity index is 473. The normalized spacial score (nSPS) is 26.0. The number of hydrogen-bond acceptors (Lipinski definition) is 4. The molecule has 1 aliphatic heterocycles. The number of ether oxygens (including phenoxy) is 1. The second-order valence-electron chi connectivity index (χ2n) is 5.26. The summed E-state index contributed by atoms with van der Waals surface area (Å²) in [5.74, 6) is -0.215. The van der Waals surface area contributed by atoms with Crippen molar-refractivity contribution in [3.8, 4) is 0 Å². The van der Waals surface area contributed by atoms with Crippen LogP contribution in [-0.2, 0) is 16.1 Å². The molecule has 3 N–H and O–H groups in total. The number of nitrogens with two attached hydrogens (primary N) is 1. The predicted octanol–water partition coefficient (Wildman–Crippen LogP) is 1.76. The Morgan fingerprint density at radius 3 is 2.85 bits per heavy atom. The molecule has 0 amide bonds. The molecule has 0 bridgehead atoms. The summed E-state index contributed by atoms with van der Waals surface area (Å²) in [4.78, 5) is 12.4. The van der Waals surface area contributed by atoms with Crippen LogP contribution in [0.25, 0.3) is 0 Å². The summed E-state index contributed by atoms with van der Waals surface area (Å²) in [7, 11) is 0. The van der Waals surface area contributed by atoms with Gasteiger partial charge in [-0.15, -0.1) is 0 Å². The third kappa shape index (κ3) is 3.46. The number of esters is 1. The van der Waals surface area contributed by atoms with Gasteiger partial charge in [0.1, 0.15) is 12.1 Å². The fraction of sp³-hybridized carbons (Fsp3) is 0.438. The van der Waals surface area contributed by atoms with Crippen molar-refractivity contribution in [3.63, 3.8) is 0 Å². The highest BCUT2D eigenvalue weighted by Crippen LogP contribution is 2.25. The Labute approximate surface area is 120 Å². The smallest absolute Gasteiger partial charge is 0.327 e. The van der Waals surface area contributed by atoms with Crippen molar-refractivity contribution in [1.82, 2.24) is 5.32 Å². The Morgan fingerprint density at radius 2 is 2.25 bits per heavy atom. The molecule has 2 rings (SSSR count). The topological polar surface area (TPSA) is 64.3 Å². The fourth-order valence-corrected chi connectivity index (χ4v) is 2.49. The number of benzene rings is 1.